The summed E-state index contributed by atoms with van der Waals surface area (Å²) in [5.74, 6) is 5.40. The molecule has 4 heteroatoms. The first-order valence-electron chi connectivity index (χ1n) is 8.44. The zero-order chi connectivity index (χ0) is 17.9. The molecule has 0 aromatic heterocycles. The van der Waals surface area contributed by atoms with Gasteiger partial charge in [0.05, 0.1) is 17.7 Å². The summed E-state index contributed by atoms with van der Waals surface area (Å²) in [5.41, 5.74) is 0.672. The number of benzene rings is 1. The zero-order valence-corrected chi connectivity index (χ0v) is 14.9. The minimum Gasteiger partial charge on any atom is -0.462 e. The van der Waals surface area contributed by atoms with Crippen LogP contribution in [0.5, 0.6) is 0 Å². The molecule has 0 aliphatic carbocycles. The van der Waals surface area contributed by atoms with E-state index in [1.54, 1.807) is 18.2 Å². The summed E-state index contributed by atoms with van der Waals surface area (Å²) in [6, 6.07) is 6.39. The maximum Gasteiger partial charge on any atom is 0.339 e. The number of carbonyl (C=O) groups excluding carboxylic acids is 2. The molecule has 1 aromatic rings. The molecule has 0 radical (unpaired) electrons. The Kier molecular flexibility index (Phi) is 8.64. The maximum absolute atomic E-state index is 12.3. The van der Waals surface area contributed by atoms with Crippen molar-refractivity contribution in [1.29, 1.82) is 0 Å². The predicted octanol–water partition coefficient (Wildman–Crippen LogP) is 4.24. The van der Waals surface area contributed by atoms with Gasteiger partial charge in [0.1, 0.15) is 0 Å². The van der Waals surface area contributed by atoms with Gasteiger partial charge in [0, 0.05) is 6.42 Å². The molecule has 1 rings (SSSR count). The van der Waals surface area contributed by atoms with Gasteiger partial charge in [-0.05, 0) is 37.0 Å². The van der Waals surface area contributed by atoms with Crippen LogP contribution in [-0.4, -0.2) is 24.6 Å². The normalized spacial score (nSPS) is 11.4. The van der Waals surface area contributed by atoms with Crippen molar-refractivity contribution >= 4 is 11.9 Å². The van der Waals surface area contributed by atoms with Crippen LogP contribution in [0.25, 0.3) is 0 Å². The highest BCUT2D eigenvalue weighted by Crippen LogP contribution is 2.13. The van der Waals surface area contributed by atoms with Gasteiger partial charge in [-0.2, -0.15) is 0 Å². The van der Waals surface area contributed by atoms with Crippen molar-refractivity contribution in [2.75, 3.05) is 6.61 Å². The van der Waals surface area contributed by atoms with Gasteiger partial charge in [0.15, 0.2) is 6.10 Å². The van der Waals surface area contributed by atoms with E-state index in [4.69, 9.17) is 9.47 Å². The fourth-order valence-electron chi connectivity index (χ4n) is 2.03. The van der Waals surface area contributed by atoms with Gasteiger partial charge in [-0.25, -0.2) is 9.59 Å². The lowest BCUT2D eigenvalue weighted by Crippen LogP contribution is -2.19. The molecule has 0 saturated heterocycles. The van der Waals surface area contributed by atoms with Crippen molar-refractivity contribution in [1.82, 2.24) is 0 Å². The van der Waals surface area contributed by atoms with E-state index in [2.05, 4.69) is 25.7 Å². The number of ether oxygens (including phenoxy) is 2. The Hall–Kier alpha value is -2.28. The summed E-state index contributed by atoms with van der Waals surface area (Å²) in [5, 5.41) is 0. The van der Waals surface area contributed by atoms with E-state index in [0.29, 0.717) is 36.5 Å². The highest BCUT2D eigenvalue weighted by Gasteiger charge is 2.17. The summed E-state index contributed by atoms with van der Waals surface area (Å²) < 4.78 is 10.6. The molecule has 0 fully saturated rings. The third-order valence-electron chi connectivity index (χ3n) is 3.15. The largest absolute Gasteiger partial charge is 0.462 e. The molecule has 0 amide bonds. The first-order chi connectivity index (χ1) is 11.5. The topological polar surface area (TPSA) is 52.6 Å². The number of hydrogen-bond donors (Lipinski definition) is 0. The van der Waals surface area contributed by atoms with Gasteiger partial charge in [0.25, 0.3) is 0 Å². The number of esters is 2. The van der Waals surface area contributed by atoms with Gasteiger partial charge in [-0.3, -0.25) is 0 Å². The summed E-state index contributed by atoms with van der Waals surface area (Å²) in [4.78, 5) is 24.2. The fraction of sp³-hybridized carbons (Fsp3) is 0.500. The minimum atomic E-state index is -0.476. The molecule has 4 nitrogen and oxygen atoms in total. The van der Waals surface area contributed by atoms with Crippen LogP contribution < -0.4 is 0 Å². The van der Waals surface area contributed by atoms with E-state index in [1.165, 1.54) is 6.07 Å². The maximum atomic E-state index is 12.3. The molecule has 0 spiro atoms. The van der Waals surface area contributed by atoms with Gasteiger partial charge in [-0.1, -0.05) is 45.6 Å². The molecule has 1 aromatic carbocycles. The Morgan fingerprint density at radius 3 is 2.38 bits per heavy atom. The summed E-state index contributed by atoms with van der Waals surface area (Å²) in [6.07, 6.45) is 1.70. The molecule has 0 aliphatic heterocycles. The molecular weight excluding hydrogens is 304 g/mol. The molecule has 1 unspecified atom stereocenters. The second-order valence-electron chi connectivity index (χ2n) is 5.91. The van der Waals surface area contributed by atoms with Crippen LogP contribution in [0.15, 0.2) is 24.3 Å². The number of rotatable bonds is 7. The second-order valence-corrected chi connectivity index (χ2v) is 5.91. The molecular formula is C20H26O4. The molecule has 24 heavy (non-hydrogen) atoms. The lowest BCUT2D eigenvalue weighted by atomic mass is 10.1. The molecule has 0 N–H and O–H groups in total. The molecule has 0 heterocycles. The zero-order valence-electron chi connectivity index (χ0n) is 14.9. The molecule has 0 bridgehead atoms. The highest BCUT2D eigenvalue weighted by atomic mass is 16.5. The van der Waals surface area contributed by atoms with Crippen LogP contribution in [0.1, 0.15) is 67.7 Å². The van der Waals surface area contributed by atoms with Gasteiger partial charge >= 0.3 is 11.9 Å². The lowest BCUT2D eigenvalue weighted by Gasteiger charge is -2.15. The average molecular weight is 330 g/mol. The van der Waals surface area contributed by atoms with E-state index in [9.17, 15) is 9.59 Å². The van der Waals surface area contributed by atoms with Crippen molar-refractivity contribution in [3.63, 3.8) is 0 Å². The van der Waals surface area contributed by atoms with E-state index in [1.807, 2.05) is 13.8 Å². The second kappa shape index (κ2) is 10.5. The molecule has 130 valence electrons. The highest BCUT2D eigenvalue weighted by molar-refractivity contribution is 5.95. The monoisotopic (exact) mass is 330 g/mol. The number of carbonyl (C=O) groups is 2. The van der Waals surface area contributed by atoms with Gasteiger partial charge < -0.3 is 9.47 Å². The smallest absolute Gasteiger partial charge is 0.339 e. The van der Waals surface area contributed by atoms with Crippen LogP contribution in [0.4, 0.5) is 0 Å². The fourth-order valence-corrected chi connectivity index (χ4v) is 2.03. The van der Waals surface area contributed by atoms with Crippen molar-refractivity contribution in [2.24, 2.45) is 5.92 Å². The summed E-state index contributed by atoms with van der Waals surface area (Å²) in [7, 11) is 0. The van der Waals surface area contributed by atoms with Crippen LogP contribution >= 0.6 is 0 Å². The Morgan fingerprint density at radius 2 is 1.79 bits per heavy atom. The van der Waals surface area contributed by atoms with Crippen molar-refractivity contribution in [3.8, 4) is 11.8 Å². The Bertz CT molecular complexity index is 608. The van der Waals surface area contributed by atoms with Crippen LogP contribution in [0.2, 0.25) is 0 Å². The number of hydrogen-bond acceptors (Lipinski definition) is 4. The average Bonchev–Trinajstić information content (AvgIpc) is 2.57. The van der Waals surface area contributed by atoms with E-state index < -0.39 is 18.0 Å². The first kappa shape index (κ1) is 19.8. The third kappa shape index (κ3) is 6.87. The first-order valence-corrected chi connectivity index (χ1v) is 8.44. The third-order valence-corrected chi connectivity index (χ3v) is 3.15. The molecule has 1 atom stereocenters. The van der Waals surface area contributed by atoms with E-state index >= 15 is 0 Å². The summed E-state index contributed by atoms with van der Waals surface area (Å²) >= 11 is 0. The quantitative estimate of drug-likeness (QED) is 0.554. The van der Waals surface area contributed by atoms with E-state index in [-0.39, 0.29) is 0 Å². The Balaban J connectivity index is 2.84. The van der Waals surface area contributed by atoms with Crippen LogP contribution in [0, 0.1) is 17.8 Å². The summed E-state index contributed by atoms with van der Waals surface area (Å²) in [6.45, 7) is 8.34. The Morgan fingerprint density at radius 1 is 1.12 bits per heavy atom. The van der Waals surface area contributed by atoms with Crippen molar-refractivity contribution in [2.45, 2.75) is 53.1 Å². The van der Waals surface area contributed by atoms with E-state index in [0.717, 1.165) is 6.42 Å². The Labute approximate surface area is 144 Å². The standard InChI is InChI=1S/C20H26O4/c1-5-7-11-18(13-15(3)4)24-20(22)17-10-8-9-16(14-17)19(21)23-12-6-2/h8-10,14-15,18H,5-6,12-13H2,1-4H3. The van der Waals surface area contributed by atoms with Gasteiger partial charge in [-0.15, -0.1) is 0 Å². The molecule has 0 aliphatic rings. The minimum absolute atomic E-state index is 0.327. The van der Waals surface area contributed by atoms with Crippen LogP contribution in [0.3, 0.4) is 0 Å². The molecule has 0 saturated carbocycles. The van der Waals surface area contributed by atoms with Crippen molar-refractivity contribution in [3.05, 3.63) is 35.4 Å². The van der Waals surface area contributed by atoms with Gasteiger partial charge in [0.2, 0.25) is 0 Å². The van der Waals surface area contributed by atoms with Crippen LogP contribution in [-0.2, 0) is 9.47 Å². The predicted molar refractivity (Wildman–Crippen MR) is 93.7 cm³/mol. The van der Waals surface area contributed by atoms with Crippen molar-refractivity contribution < 1.29 is 19.1 Å². The lowest BCUT2D eigenvalue weighted by molar-refractivity contribution is 0.0377. The SMILES string of the molecule is CCC#CC(CC(C)C)OC(=O)c1cccc(C(=O)OCCC)c1.